The lowest BCUT2D eigenvalue weighted by atomic mass is 10.2. The number of aromatic nitrogens is 2. The van der Waals surface area contributed by atoms with Gasteiger partial charge in [0.1, 0.15) is 11.6 Å². The molecule has 0 aliphatic heterocycles. The van der Waals surface area contributed by atoms with Crippen molar-refractivity contribution in [1.82, 2.24) is 10.2 Å². The van der Waals surface area contributed by atoms with Crippen LogP contribution in [0.1, 0.15) is 24.5 Å². The molecule has 8 nitrogen and oxygen atoms in total. The third kappa shape index (κ3) is 6.84. The van der Waals surface area contributed by atoms with Crippen LogP contribution in [0.2, 0.25) is 0 Å². The van der Waals surface area contributed by atoms with E-state index >= 15 is 0 Å². The maximum atomic E-state index is 13.0. The molecule has 3 aromatic rings. The first-order valence-electron chi connectivity index (χ1n) is 9.83. The van der Waals surface area contributed by atoms with Gasteiger partial charge in [-0.25, -0.2) is 4.39 Å². The van der Waals surface area contributed by atoms with Gasteiger partial charge in [-0.1, -0.05) is 17.8 Å². The molecule has 1 aromatic heterocycles. The van der Waals surface area contributed by atoms with Crippen molar-refractivity contribution in [3.63, 3.8) is 0 Å². The van der Waals surface area contributed by atoms with Crippen LogP contribution in [0.25, 0.3) is 0 Å². The standard InChI is InChI=1S/C22H25FN2O6S/c1-14(30-18-7-5-16(23)6-8-18)21-24-25-22(31-21)32-13-17(26)12-29-11-15-4-9-19(27-2)20(10-15)28-3/h4-10,14,17,26H,11-13H2,1-3H3. The summed E-state index contributed by atoms with van der Waals surface area (Å²) in [5, 5.41) is 18.4. The number of methoxy groups -OCH3 is 2. The molecule has 1 heterocycles. The summed E-state index contributed by atoms with van der Waals surface area (Å²) in [6.07, 6.45) is -1.22. The molecule has 0 bridgehead atoms. The van der Waals surface area contributed by atoms with Crippen molar-refractivity contribution in [2.75, 3.05) is 26.6 Å². The van der Waals surface area contributed by atoms with E-state index in [1.807, 2.05) is 12.1 Å². The Balaban J connectivity index is 1.41. The second kappa shape index (κ2) is 11.7. The highest BCUT2D eigenvalue weighted by molar-refractivity contribution is 7.99. The van der Waals surface area contributed by atoms with Crippen LogP contribution < -0.4 is 14.2 Å². The highest BCUT2D eigenvalue weighted by Gasteiger charge is 2.17. The predicted molar refractivity (Wildman–Crippen MR) is 116 cm³/mol. The van der Waals surface area contributed by atoms with Gasteiger partial charge in [-0.05, 0) is 48.9 Å². The number of rotatable bonds is 12. The van der Waals surface area contributed by atoms with E-state index in [0.717, 1.165) is 5.56 Å². The quantitative estimate of drug-likeness (QED) is 0.398. The fraction of sp³-hybridized carbons (Fsp3) is 0.364. The second-order valence-corrected chi connectivity index (χ2v) is 7.76. The number of nitrogens with zero attached hydrogens (tertiary/aromatic N) is 2. The molecular weight excluding hydrogens is 439 g/mol. The molecule has 0 saturated carbocycles. The molecule has 0 saturated heterocycles. The highest BCUT2D eigenvalue weighted by atomic mass is 32.2. The summed E-state index contributed by atoms with van der Waals surface area (Å²) in [7, 11) is 3.15. The Kier molecular flexibility index (Phi) is 8.72. The first-order valence-corrected chi connectivity index (χ1v) is 10.8. The lowest BCUT2D eigenvalue weighted by Crippen LogP contribution is -2.17. The van der Waals surface area contributed by atoms with Crippen LogP contribution in [-0.2, 0) is 11.3 Å². The van der Waals surface area contributed by atoms with Crippen LogP contribution in [0, 0.1) is 5.82 Å². The van der Waals surface area contributed by atoms with Gasteiger partial charge in [0.2, 0.25) is 0 Å². The van der Waals surface area contributed by atoms with Crippen LogP contribution in [0.3, 0.4) is 0 Å². The van der Waals surface area contributed by atoms with Crippen LogP contribution >= 0.6 is 11.8 Å². The molecule has 10 heteroatoms. The minimum Gasteiger partial charge on any atom is -0.493 e. The second-order valence-electron chi connectivity index (χ2n) is 6.79. The summed E-state index contributed by atoms with van der Waals surface area (Å²) >= 11 is 1.22. The van der Waals surface area contributed by atoms with Crippen molar-refractivity contribution in [3.8, 4) is 17.2 Å². The SMILES string of the molecule is COc1ccc(COCC(O)CSc2nnc(C(C)Oc3ccc(F)cc3)o2)cc1OC. The largest absolute Gasteiger partial charge is 0.493 e. The number of benzene rings is 2. The first kappa shape index (κ1) is 23.8. The topological polar surface area (TPSA) is 96.1 Å². The average molecular weight is 465 g/mol. The predicted octanol–water partition coefficient (Wildman–Crippen LogP) is 4.04. The molecule has 0 aliphatic carbocycles. The van der Waals surface area contributed by atoms with Crippen molar-refractivity contribution in [2.45, 2.75) is 31.0 Å². The fourth-order valence-corrected chi connectivity index (χ4v) is 3.38. The molecule has 0 radical (unpaired) electrons. The molecule has 0 spiro atoms. The zero-order valence-corrected chi connectivity index (χ0v) is 18.8. The van der Waals surface area contributed by atoms with Gasteiger partial charge in [0.05, 0.1) is 33.5 Å². The minimum absolute atomic E-state index is 0.145. The Hall–Kier alpha value is -2.82. The van der Waals surface area contributed by atoms with E-state index in [1.54, 1.807) is 27.2 Å². The summed E-state index contributed by atoms with van der Waals surface area (Å²) in [6.45, 7) is 2.22. The summed E-state index contributed by atoms with van der Waals surface area (Å²) in [4.78, 5) is 0. The van der Waals surface area contributed by atoms with Gasteiger partial charge >= 0.3 is 0 Å². The van der Waals surface area contributed by atoms with Crippen LogP contribution in [0.15, 0.2) is 52.1 Å². The number of hydrogen-bond donors (Lipinski definition) is 1. The van der Waals surface area contributed by atoms with E-state index < -0.39 is 12.2 Å². The summed E-state index contributed by atoms with van der Waals surface area (Å²) < 4.78 is 40.3. The number of ether oxygens (including phenoxy) is 4. The highest BCUT2D eigenvalue weighted by Crippen LogP contribution is 2.28. The maximum absolute atomic E-state index is 13.0. The van der Waals surface area contributed by atoms with E-state index in [1.165, 1.54) is 36.0 Å². The Morgan fingerprint density at radius 1 is 1.06 bits per heavy atom. The van der Waals surface area contributed by atoms with Gasteiger partial charge < -0.3 is 28.5 Å². The molecule has 0 fully saturated rings. The summed E-state index contributed by atoms with van der Waals surface area (Å²) in [5.74, 6) is 2.02. The fourth-order valence-electron chi connectivity index (χ4n) is 2.71. The number of thioether (sulfide) groups is 1. The first-order chi connectivity index (χ1) is 15.5. The van der Waals surface area contributed by atoms with E-state index in [-0.39, 0.29) is 18.3 Å². The van der Waals surface area contributed by atoms with Gasteiger partial charge in [-0.3, -0.25) is 0 Å². The smallest absolute Gasteiger partial charge is 0.276 e. The van der Waals surface area contributed by atoms with E-state index in [0.29, 0.717) is 34.8 Å². The zero-order valence-electron chi connectivity index (χ0n) is 18.0. The molecule has 0 amide bonds. The Labute approximate surface area is 189 Å². The lowest BCUT2D eigenvalue weighted by Gasteiger charge is -2.12. The molecule has 172 valence electrons. The van der Waals surface area contributed by atoms with Crippen molar-refractivity contribution in [3.05, 3.63) is 59.7 Å². The lowest BCUT2D eigenvalue weighted by molar-refractivity contribution is 0.0396. The zero-order chi connectivity index (χ0) is 22.9. The molecule has 2 aromatic carbocycles. The molecule has 1 N–H and O–H groups in total. The van der Waals surface area contributed by atoms with Gasteiger partial charge in [-0.15, -0.1) is 10.2 Å². The van der Waals surface area contributed by atoms with E-state index in [4.69, 9.17) is 23.4 Å². The summed E-state index contributed by atoms with van der Waals surface area (Å²) in [5.41, 5.74) is 0.902. The van der Waals surface area contributed by atoms with Gasteiger partial charge in [0.25, 0.3) is 11.1 Å². The molecule has 3 rings (SSSR count). The van der Waals surface area contributed by atoms with Crippen molar-refractivity contribution in [1.29, 1.82) is 0 Å². The Bertz CT molecular complexity index is 985. The van der Waals surface area contributed by atoms with Gasteiger partial charge in [0.15, 0.2) is 17.6 Å². The number of hydrogen-bond acceptors (Lipinski definition) is 9. The van der Waals surface area contributed by atoms with Crippen molar-refractivity contribution in [2.24, 2.45) is 0 Å². The van der Waals surface area contributed by atoms with E-state index in [9.17, 15) is 9.50 Å². The number of aliphatic hydroxyl groups excluding tert-OH is 1. The molecule has 32 heavy (non-hydrogen) atoms. The Morgan fingerprint density at radius 2 is 1.81 bits per heavy atom. The minimum atomic E-state index is -0.719. The number of halogens is 1. The van der Waals surface area contributed by atoms with Gasteiger partial charge in [-0.2, -0.15) is 0 Å². The normalized spacial score (nSPS) is 12.9. The molecule has 2 unspecified atom stereocenters. The third-order valence-electron chi connectivity index (χ3n) is 4.32. The van der Waals surface area contributed by atoms with Crippen LogP contribution in [0.4, 0.5) is 4.39 Å². The molecule has 0 aliphatic rings. The van der Waals surface area contributed by atoms with E-state index in [2.05, 4.69) is 10.2 Å². The Morgan fingerprint density at radius 3 is 2.53 bits per heavy atom. The third-order valence-corrected chi connectivity index (χ3v) is 5.29. The number of aliphatic hydroxyl groups is 1. The molecule has 2 atom stereocenters. The maximum Gasteiger partial charge on any atom is 0.276 e. The van der Waals surface area contributed by atoms with Crippen molar-refractivity contribution >= 4 is 11.8 Å². The summed E-state index contributed by atoms with van der Waals surface area (Å²) in [6, 6.07) is 11.2. The van der Waals surface area contributed by atoms with Crippen LogP contribution in [0.5, 0.6) is 17.2 Å². The monoisotopic (exact) mass is 464 g/mol. The van der Waals surface area contributed by atoms with Gasteiger partial charge in [0, 0.05) is 5.75 Å². The van der Waals surface area contributed by atoms with Crippen LogP contribution in [-0.4, -0.2) is 48.0 Å². The van der Waals surface area contributed by atoms with Crippen molar-refractivity contribution < 1.29 is 32.9 Å². The average Bonchev–Trinajstić information content (AvgIpc) is 3.28. The molecular formula is C22H25FN2O6S.